The van der Waals surface area contributed by atoms with Crippen molar-refractivity contribution < 1.29 is 0 Å². The van der Waals surface area contributed by atoms with Gasteiger partial charge >= 0.3 is 0 Å². The molecule has 2 saturated carbocycles. The fraction of sp³-hybridized carbons (Fsp3) is 0.533. The van der Waals surface area contributed by atoms with Crippen LogP contribution in [0, 0.1) is 0 Å². The van der Waals surface area contributed by atoms with Crippen LogP contribution in [0.4, 0.5) is 5.69 Å². The summed E-state index contributed by atoms with van der Waals surface area (Å²) in [4.78, 5) is 6.89. The molecule has 2 aliphatic rings. The van der Waals surface area contributed by atoms with E-state index in [0.29, 0.717) is 0 Å². The van der Waals surface area contributed by atoms with Gasteiger partial charge in [-0.1, -0.05) is 6.08 Å². The zero-order valence-electron chi connectivity index (χ0n) is 10.8. The molecule has 1 heterocycles. The van der Waals surface area contributed by atoms with Gasteiger partial charge < -0.3 is 10.2 Å². The number of hydrogen-bond acceptors (Lipinski definition) is 3. The molecule has 1 N–H and O–H groups in total. The van der Waals surface area contributed by atoms with E-state index in [1.54, 1.807) is 0 Å². The zero-order chi connectivity index (χ0) is 12.4. The normalized spacial score (nSPS) is 18.7. The standard InChI is InChI=1S/C15H21N3/c1-2-9-18(14-5-6-14)15-7-8-16-13(10-15)11-17-12-3-4-12/h2,7-8,10,12,14,17H,1,3-6,9,11H2. The summed E-state index contributed by atoms with van der Waals surface area (Å²) in [6.07, 6.45) is 9.19. The summed E-state index contributed by atoms with van der Waals surface area (Å²) in [6.45, 7) is 5.69. The fourth-order valence-electron chi connectivity index (χ4n) is 2.27. The van der Waals surface area contributed by atoms with Crippen LogP contribution in [0.2, 0.25) is 0 Å². The summed E-state index contributed by atoms with van der Waals surface area (Å²) in [5, 5.41) is 3.51. The highest BCUT2D eigenvalue weighted by atomic mass is 15.2. The quantitative estimate of drug-likeness (QED) is 0.746. The molecule has 0 atom stereocenters. The number of nitrogens with one attached hydrogen (secondary N) is 1. The van der Waals surface area contributed by atoms with Crippen LogP contribution in [0.25, 0.3) is 0 Å². The second kappa shape index (κ2) is 5.11. The highest BCUT2D eigenvalue weighted by molar-refractivity contribution is 5.49. The number of rotatable bonds is 7. The Kier molecular flexibility index (Phi) is 3.33. The minimum Gasteiger partial charge on any atom is -0.365 e. The molecule has 2 fully saturated rings. The summed E-state index contributed by atoms with van der Waals surface area (Å²) in [5.41, 5.74) is 2.44. The van der Waals surface area contributed by atoms with Crippen molar-refractivity contribution in [1.82, 2.24) is 10.3 Å². The first kappa shape index (κ1) is 11.7. The molecule has 0 saturated heterocycles. The number of hydrogen-bond donors (Lipinski definition) is 1. The van der Waals surface area contributed by atoms with Crippen LogP contribution in [0.3, 0.4) is 0 Å². The summed E-state index contributed by atoms with van der Waals surface area (Å²) >= 11 is 0. The van der Waals surface area contributed by atoms with Gasteiger partial charge in [-0.05, 0) is 37.8 Å². The third kappa shape index (κ3) is 2.91. The van der Waals surface area contributed by atoms with Crippen LogP contribution in [0.15, 0.2) is 31.0 Å². The van der Waals surface area contributed by atoms with E-state index in [2.05, 4.69) is 33.9 Å². The lowest BCUT2D eigenvalue weighted by Gasteiger charge is -2.23. The van der Waals surface area contributed by atoms with Crippen LogP contribution in [0.5, 0.6) is 0 Å². The molecule has 1 aromatic heterocycles. The third-order valence-corrected chi connectivity index (χ3v) is 3.59. The predicted octanol–water partition coefficient (Wildman–Crippen LogP) is 2.49. The number of anilines is 1. The van der Waals surface area contributed by atoms with Crippen LogP contribution in [-0.4, -0.2) is 23.6 Å². The average Bonchev–Trinajstić information content (AvgIpc) is 3.28. The van der Waals surface area contributed by atoms with Gasteiger partial charge in [-0.25, -0.2) is 0 Å². The maximum Gasteiger partial charge on any atom is 0.0562 e. The number of pyridine rings is 1. The maximum absolute atomic E-state index is 4.45. The lowest BCUT2D eigenvalue weighted by atomic mass is 10.2. The maximum atomic E-state index is 4.45. The van der Waals surface area contributed by atoms with E-state index in [4.69, 9.17) is 0 Å². The second-order valence-corrected chi connectivity index (χ2v) is 5.33. The molecular weight excluding hydrogens is 222 g/mol. The van der Waals surface area contributed by atoms with Gasteiger partial charge in [0.25, 0.3) is 0 Å². The predicted molar refractivity (Wildman–Crippen MR) is 74.7 cm³/mol. The molecule has 2 aliphatic carbocycles. The molecule has 1 aromatic rings. The van der Waals surface area contributed by atoms with Crippen LogP contribution in [0.1, 0.15) is 31.4 Å². The Morgan fingerprint density at radius 1 is 1.39 bits per heavy atom. The van der Waals surface area contributed by atoms with Crippen molar-refractivity contribution in [3.05, 3.63) is 36.7 Å². The van der Waals surface area contributed by atoms with Gasteiger partial charge in [0.2, 0.25) is 0 Å². The van der Waals surface area contributed by atoms with Gasteiger partial charge in [-0.2, -0.15) is 0 Å². The van der Waals surface area contributed by atoms with Crippen molar-refractivity contribution in [2.24, 2.45) is 0 Å². The van der Waals surface area contributed by atoms with Crippen molar-refractivity contribution >= 4 is 5.69 Å². The van der Waals surface area contributed by atoms with E-state index in [1.807, 2.05) is 12.3 Å². The van der Waals surface area contributed by atoms with Gasteiger partial charge in [-0.15, -0.1) is 6.58 Å². The van der Waals surface area contributed by atoms with Crippen LogP contribution < -0.4 is 10.2 Å². The fourth-order valence-corrected chi connectivity index (χ4v) is 2.27. The van der Waals surface area contributed by atoms with E-state index < -0.39 is 0 Å². The molecule has 96 valence electrons. The average molecular weight is 243 g/mol. The van der Waals surface area contributed by atoms with Crippen molar-refractivity contribution in [1.29, 1.82) is 0 Å². The number of aromatic nitrogens is 1. The Balaban J connectivity index is 1.68. The minimum absolute atomic E-state index is 0.717. The molecular formula is C15H21N3. The Labute approximate surface area is 109 Å². The van der Waals surface area contributed by atoms with Gasteiger partial charge in [0.1, 0.15) is 0 Å². The highest BCUT2D eigenvalue weighted by Gasteiger charge is 2.28. The van der Waals surface area contributed by atoms with Gasteiger partial charge in [0.15, 0.2) is 0 Å². The van der Waals surface area contributed by atoms with E-state index in [-0.39, 0.29) is 0 Å². The Hall–Kier alpha value is -1.35. The van der Waals surface area contributed by atoms with E-state index in [1.165, 1.54) is 31.4 Å². The molecule has 18 heavy (non-hydrogen) atoms. The SMILES string of the molecule is C=CCN(c1ccnc(CNC2CC2)c1)C1CC1. The molecule has 3 heteroatoms. The first-order valence-electron chi connectivity index (χ1n) is 6.92. The first-order valence-corrected chi connectivity index (χ1v) is 6.92. The molecule has 0 aromatic carbocycles. The summed E-state index contributed by atoms with van der Waals surface area (Å²) in [5.74, 6) is 0. The molecule has 0 unspecified atom stereocenters. The minimum atomic E-state index is 0.717. The van der Waals surface area contributed by atoms with E-state index >= 15 is 0 Å². The monoisotopic (exact) mass is 243 g/mol. The first-order chi connectivity index (χ1) is 8.86. The molecule has 0 spiro atoms. The molecule has 0 amide bonds. The molecule has 0 radical (unpaired) electrons. The van der Waals surface area contributed by atoms with Gasteiger partial charge in [-0.3, -0.25) is 4.98 Å². The lowest BCUT2D eigenvalue weighted by molar-refractivity contribution is 0.674. The third-order valence-electron chi connectivity index (χ3n) is 3.59. The smallest absolute Gasteiger partial charge is 0.0562 e. The molecule has 0 aliphatic heterocycles. The second-order valence-electron chi connectivity index (χ2n) is 5.33. The van der Waals surface area contributed by atoms with Crippen molar-refractivity contribution in [2.75, 3.05) is 11.4 Å². The van der Waals surface area contributed by atoms with Crippen molar-refractivity contribution in [3.8, 4) is 0 Å². The number of nitrogens with zero attached hydrogens (tertiary/aromatic N) is 2. The highest BCUT2D eigenvalue weighted by Crippen LogP contribution is 2.31. The Bertz CT molecular complexity index is 422. The zero-order valence-corrected chi connectivity index (χ0v) is 10.8. The van der Waals surface area contributed by atoms with E-state index in [9.17, 15) is 0 Å². The molecule has 3 nitrogen and oxygen atoms in total. The van der Waals surface area contributed by atoms with Crippen molar-refractivity contribution in [3.63, 3.8) is 0 Å². The Morgan fingerprint density at radius 3 is 2.89 bits per heavy atom. The van der Waals surface area contributed by atoms with Gasteiger partial charge in [0, 0.05) is 37.1 Å². The molecule has 0 bridgehead atoms. The van der Waals surface area contributed by atoms with Crippen LogP contribution >= 0.6 is 0 Å². The lowest BCUT2D eigenvalue weighted by Crippen LogP contribution is -2.26. The van der Waals surface area contributed by atoms with Crippen molar-refractivity contribution in [2.45, 2.75) is 44.3 Å². The summed E-state index contributed by atoms with van der Waals surface area (Å²) in [7, 11) is 0. The summed E-state index contributed by atoms with van der Waals surface area (Å²) < 4.78 is 0. The van der Waals surface area contributed by atoms with Gasteiger partial charge in [0.05, 0.1) is 5.69 Å². The topological polar surface area (TPSA) is 28.2 Å². The van der Waals surface area contributed by atoms with E-state index in [0.717, 1.165) is 30.9 Å². The largest absolute Gasteiger partial charge is 0.365 e. The summed E-state index contributed by atoms with van der Waals surface area (Å²) in [6, 6.07) is 5.79. The Morgan fingerprint density at radius 2 is 2.22 bits per heavy atom. The molecule has 3 rings (SSSR count). The van der Waals surface area contributed by atoms with Crippen LogP contribution in [-0.2, 0) is 6.54 Å².